The fourth-order valence-corrected chi connectivity index (χ4v) is 3.58. The molecule has 1 heterocycles. The molecule has 5 heteroatoms. The van der Waals surface area contributed by atoms with Crippen LogP contribution in [0.15, 0.2) is 89.9 Å². The zero-order chi connectivity index (χ0) is 19.6. The summed E-state index contributed by atoms with van der Waals surface area (Å²) < 4.78 is 38.4. The molecular weight excluding hydrogens is 361 g/mol. The van der Waals surface area contributed by atoms with Crippen molar-refractivity contribution in [3.8, 4) is 0 Å². The van der Waals surface area contributed by atoms with E-state index in [1.54, 1.807) is 0 Å². The minimum atomic E-state index is -4.32. The summed E-state index contributed by atoms with van der Waals surface area (Å²) in [5.74, 6) is 0. The van der Waals surface area contributed by atoms with Crippen LogP contribution >= 0.6 is 0 Å². The van der Waals surface area contributed by atoms with Crippen molar-refractivity contribution < 1.29 is 13.2 Å². The van der Waals surface area contributed by atoms with Crippen LogP contribution in [-0.4, -0.2) is 11.2 Å². The maximum absolute atomic E-state index is 12.8. The Morgan fingerprint density at radius 1 is 0.750 bits per heavy atom. The molecule has 0 fully saturated rings. The number of halogens is 3. The molecule has 142 valence electrons. The molecule has 0 aliphatic carbocycles. The van der Waals surface area contributed by atoms with Crippen LogP contribution in [0.3, 0.4) is 0 Å². The second-order valence-corrected chi connectivity index (χ2v) is 6.84. The van der Waals surface area contributed by atoms with Crippen molar-refractivity contribution in [2.45, 2.75) is 24.8 Å². The molecule has 0 amide bonds. The standard InChI is InChI=1S/C23H19F3N2/c24-23(25,26)20-13-11-17(12-14-20)15-28-16-27-21(18-7-3-1-4-8-18)22(28)19-9-5-2-6-10-19/h1-14,16,21-22H,15H2/t21-,22+/m0/s1. The molecule has 3 aromatic carbocycles. The molecule has 2 nitrogen and oxygen atoms in total. The van der Waals surface area contributed by atoms with Crippen LogP contribution in [0.2, 0.25) is 0 Å². The van der Waals surface area contributed by atoms with Gasteiger partial charge in [0.2, 0.25) is 0 Å². The van der Waals surface area contributed by atoms with Gasteiger partial charge in [0.05, 0.1) is 17.9 Å². The number of benzene rings is 3. The molecule has 0 unspecified atom stereocenters. The smallest absolute Gasteiger partial charge is 0.349 e. The topological polar surface area (TPSA) is 15.6 Å². The summed E-state index contributed by atoms with van der Waals surface area (Å²) in [4.78, 5) is 6.81. The second-order valence-electron chi connectivity index (χ2n) is 6.84. The van der Waals surface area contributed by atoms with Crippen molar-refractivity contribution in [1.29, 1.82) is 0 Å². The highest BCUT2D eigenvalue weighted by molar-refractivity contribution is 5.61. The molecule has 0 N–H and O–H groups in total. The van der Waals surface area contributed by atoms with E-state index in [9.17, 15) is 13.2 Å². The van der Waals surface area contributed by atoms with Gasteiger partial charge in [0.15, 0.2) is 0 Å². The average molecular weight is 380 g/mol. The summed E-state index contributed by atoms with van der Waals surface area (Å²) >= 11 is 0. The van der Waals surface area contributed by atoms with Gasteiger partial charge in [-0.05, 0) is 28.8 Å². The molecule has 0 radical (unpaired) electrons. The van der Waals surface area contributed by atoms with Gasteiger partial charge in [-0.25, -0.2) is 0 Å². The summed E-state index contributed by atoms with van der Waals surface area (Å²) in [5, 5.41) is 0. The minimum Gasteiger partial charge on any atom is -0.349 e. The Morgan fingerprint density at radius 2 is 1.32 bits per heavy atom. The molecule has 1 aliphatic heterocycles. The van der Waals surface area contributed by atoms with Crippen LogP contribution in [0.1, 0.15) is 34.3 Å². The van der Waals surface area contributed by atoms with Crippen LogP contribution in [0.25, 0.3) is 0 Å². The van der Waals surface area contributed by atoms with E-state index >= 15 is 0 Å². The predicted molar refractivity (Wildman–Crippen MR) is 104 cm³/mol. The lowest BCUT2D eigenvalue weighted by molar-refractivity contribution is -0.137. The normalized spacial score (nSPS) is 19.2. The van der Waals surface area contributed by atoms with Crippen LogP contribution in [0, 0.1) is 0 Å². The zero-order valence-corrected chi connectivity index (χ0v) is 15.1. The number of hydrogen-bond donors (Lipinski definition) is 0. The van der Waals surface area contributed by atoms with Gasteiger partial charge in [-0.3, -0.25) is 4.99 Å². The van der Waals surface area contributed by atoms with Gasteiger partial charge in [-0.2, -0.15) is 13.2 Å². The summed E-state index contributed by atoms with van der Waals surface area (Å²) in [7, 11) is 0. The largest absolute Gasteiger partial charge is 0.416 e. The molecule has 0 aromatic heterocycles. The molecular formula is C23H19F3N2. The van der Waals surface area contributed by atoms with E-state index in [1.807, 2.05) is 42.7 Å². The molecule has 2 atom stereocenters. The molecule has 0 spiro atoms. The zero-order valence-electron chi connectivity index (χ0n) is 15.1. The van der Waals surface area contributed by atoms with Crippen molar-refractivity contribution in [2.24, 2.45) is 4.99 Å². The lowest BCUT2D eigenvalue weighted by Crippen LogP contribution is -2.25. The lowest BCUT2D eigenvalue weighted by atomic mass is 9.93. The summed E-state index contributed by atoms with van der Waals surface area (Å²) in [5.41, 5.74) is 2.42. The number of rotatable bonds is 4. The van der Waals surface area contributed by atoms with Crippen molar-refractivity contribution >= 4 is 6.34 Å². The third-order valence-electron chi connectivity index (χ3n) is 4.96. The first-order valence-corrected chi connectivity index (χ1v) is 9.07. The molecule has 0 bridgehead atoms. The highest BCUT2D eigenvalue weighted by atomic mass is 19.4. The van der Waals surface area contributed by atoms with E-state index in [4.69, 9.17) is 4.99 Å². The maximum Gasteiger partial charge on any atom is 0.416 e. The van der Waals surface area contributed by atoms with Crippen LogP contribution in [-0.2, 0) is 12.7 Å². The van der Waals surface area contributed by atoms with Gasteiger partial charge in [-0.15, -0.1) is 0 Å². The van der Waals surface area contributed by atoms with Gasteiger partial charge in [0.1, 0.15) is 6.04 Å². The van der Waals surface area contributed by atoms with E-state index in [0.717, 1.165) is 28.8 Å². The predicted octanol–water partition coefficient (Wildman–Crippen LogP) is 6.03. The van der Waals surface area contributed by atoms with Crippen molar-refractivity contribution in [3.63, 3.8) is 0 Å². The first-order chi connectivity index (χ1) is 13.5. The van der Waals surface area contributed by atoms with E-state index in [1.165, 1.54) is 12.1 Å². The Hall–Kier alpha value is -3.08. The molecule has 28 heavy (non-hydrogen) atoms. The number of hydrogen-bond acceptors (Lipinski definition) is 2. The molecule has 0 saturated carbocycles. The molecule has 1 aliphatic rings. The summed E-state index contributed by atoms with van der Waals surface area (Å²) in [6, 6.07) is 25.4. The number of alkyl halides is 3. The van der Waals surface area contributed by atoms with Gasteiger partial charge in [0, 0.05) is 6.54 Å². The third kappa shape index (κ3) is 3.79. The van der Waals surface area contributed by atoms with Crippen LogP contribution in [0.4, 0.5) is 13.2 Å². The Bertz CT molecular complexity index is 935. The Kier molecular flexibility index (Phi) is 4.90. The van der Waals surface area contributed by atoms with Gasteiger partial charge >= 0.3 is 6.18 Å². The highest BCUT2D eigenvalue weighted by Gasteiger charge is 2.33. The van der Waals surface area contributed by atoms with E-state index in [0.29, 0.717) is 6.54 Å². The van der Waals surface area contributed by atoms with E-state index in [-0.39, 0.29) is 12.1 Å². The third-order valence-corrected chi connectivity index (χ3v) is 4.96. The first-order valence-electron chi connectivity index (χ1n) is 9.07. The number of aliphatic imine (C=N–C) groups is 1. The second kappa shape index (κ2) is 7.50. The summed E-state index contributed by atoms with van der Waals surface area (Å²) in [6.07, 6.45) is -2.51. The van der Waals surface area contributed by atoms with Crippen LogP contribution in [0.5, 0.6) is 0 Å². The fourth-order valence-electron chi connectivity index (χ4n) is 3.58. The quantitative estimate of drug-likeness (QED) is 0.539. The Labute approximate surface area is 162 Å². The first kappa shape index (κ1) is 18.3. The van der Waals surface area contributed by atoms with E-state index in [2.05, 4.69) is 29.2 Å². The Morgan fingerprint density at radius 3 is 1.89 bits per heavy atom. The van der Waals surface area contributed by atoms with Gasteiger partial charge in [0.25, 0.3) is 0 Å². The highest BCUT2D eigenvalue weighted by Crippen LogP contribution is 2.41. The summed E-state index contributed by atoms with van der Waals surface area (Å²) in [6.45, 7) is 0.491. The van der Waals surface area contributed by atoms with Crippen LogP contribution < -0.4 is 0 Å². The average Bonchev–Trinajstić information content (AvgIpc) is 3.12. The van der Waals surface area contributed by atoms with Crippen molar-refractivity contribution in [2.75, 3.05) is 0 Å². The van der Waals surface area contributed by atoms with Gasteiger partial charge in [-0.1, -0.05) is 72.8 Å². The van der Waals surface area contributed by atoms with Crippen molar-refractivity contribution in [3.05, 3.63) is 107 Å². The van der Waals surface area contributed by atoms with E-state index < -0.39 is 11.7 Å². The fraction of sp³-hybridized carbons (Fsp3) is 0.174. The molecule has 0 saturated heterocycles. The molecule has 4 rings (SSSR count). The van der Waals surface area contributed by atoms with Crippen molar-refractivity contribution in [1.82, 2.24) is 4.90 Å². The SMILES string of the molecule is FC(F)(F)c1ccc(CN2C=N[C@@H](c3ccccc3)[C@H]2c2ccccc2)cc1. The number of nitrogens with zero attached hydrogens (tertiary/aromatic N) is 2. The molecule has 3 aromatic rings. The monoisotopic (exact) mass is 380 g/mol. The minimum absolute atomic E-state index is 0.00843. The van der Waals surface area contributed by atoms with Gasteiger partial charge < -0.3 is 4.90 Å². The Balaban J connectivity index is 1.62. The lowest BCUT2D eigenvalue weighted by Gasteiger charge is -2.29. The maximum atomic E-state index is 12.8.